The molecule has 0 bridgehead atoms. The number of halogens is 1. The van der Waals surface area contributed by atoms with Gasteiger partial charge in [-0.1, -0.05) is 43.6 Å². The molecule has 0 radical (unpaired) electrons. The van der Waals surface area contributed by atoms with Gasteiger partial charge >= 0.3 is 0 Å². The number of hydrogen-bond acceptors (Lipinski definition) is 1. The summed E-state index contributed by atoms with van der Waals surface area (Å²) in [6.45, 7) is 6.82. The summed E-state index contributed by atoms with van der Waals surface area (Å²) in [4.78, 5) is 0. The summed E-state index contributed by atoms with van der Waals surface area (Å²) in [6, 6.07) is 8.01. The molecule has 1 nitrogen and oxygen atoms in total. The second-order valence-corrected chi connectivity index (χ2v) is 6.78. The zero-order chi connectivity index (χ0) is 13.3. The Hall–Kier alpha value is -0.530. The van der Waals surface area contributed by atoms with Crippen LogP contribution in [0.15, 0.2) is 24.3 Å². The van der Waals surface area contributed by atoms with Crippen LogP contribution >= 0.6 is 11.6 Å². The fraction of sp³-hybridized carbons (Fsp3) is 0.625. The number of nitrogens with two attached hydrogens (primary N) is 1. The van der Waals surface area contributed by atoms with Gasteiger partial charge in [0.1, 0.15) is 0 Å². The smallest absolute Gasteiger partial charge is 0.0456 e. The number of hydrogen-bond donors (Lipinski definition) is 1. The summed E-state index contributed by atoms with van der Waals surface area (Å²) in [5, 5.41) is 0.799. The molecule has 1 saturated carbocycles. The predicted octanol–water partition coefficient (Wildman–Crippen LogP) is 4.59. The van der Waals surface area contributed by atoms with Crippen LogP contribution in [0.2, 0.25) is 5.02 Å². The molecule has 2 rings (SSSR count). The third-order valence-corrected chi connectivity index (χ3v) is 4.81. The van der Waals surface area contributed by atoms with Gasteiger partial charge in [0.2, 0.25) is 0 Å². The van der Waals surface area contributed by atoms with Gasteiger partial charge in [-0.05, 0) is 55.6 Å². The van der Waals surface area contributed by atoms with Crippen molar-refractivity contribution in [1.29, 1.82) is 0 Å². The first-order chi connectivity index (χ1) is 8.41. The lowest BCUT2D eigenvalue weighted by molar-refractivity contribution is 0.145. The normalized spacial score (nSPS) is 31.9. The van der Waals surface area contributed by atoms with Crippen LogP contribution in [-0.2, 0) is 5.54 Å². The maximum Gasteiger partial charge on any atom is 0.0456 e. The largest absolute Gasteiger partial charge is 0.321 e. The Labute approximate surface area is 116 Å². The van der Waals surface area contributed by atoms with Gasteiger partial charge in [-0.2, -0.15) is 0 Å². The molecule has 1 aromatic rings. The van der Waals surface area contributed by atoms with Gasteiger partial charge in [0.15, 0.2) is 0 Å². The molecular formula is C16H24ClN. The van der Waals surface area contributed by atoms with Crippen molar-refractivity contribution in [1.82, 2.24) is 0 Å². The summed E-state index contributed by atoms with van der Waals surface area (Å²) in [7, 11) is 0. The van der Waals surface area contributed by atoms with Crippen LogP contribution in [0.5, 0.6) is 0 Å². The average molecular weight is 266 g/mol. The molecule has 1 fully saturated rings. The van der Waals surface area contributed by atoms with Crippen molar-refractivity contribution in [3.63, 3.8) is 0 Å². The van der Waals surface area contributed by atoms with E-state index >= 15 is 0 Å². The van der Waals surface area contributed by atoms with Crippen LogP contribution in [0.4, 0.5) is 0 Å². The third-order valence-electron chi connectivity index (χ3n) is 4.48. The molecule has 0 heterocycles. The first-order valence-electron chi connectivity index (χ1n) is 6.95. The maximum atomic E-state index is 6.65. The van der Waals surface area contributed by atoms with Crippen LogP contribution in [0.1, 0.15) is 45.6 Å². The van der Waals surface area contributed by atoms with E-state index in [1.54, 1.807) is 0 Å². The molecule has 2 heteroatoms. The van der Waals surface area contributed by atoms with Crippen molar-refractivity contribution < 1.29 is 0 Å². The van der Waals surface area contributed by atoms with Crippen LogP contribution < -0.4 is 5.73 Å². The summed E-state index contributed by atoms with van der Waals surface area (Å²) >= 11 is 6.32. The van der Waals surface area contributed by atoms with Gasteiger partial charge in [0, 0.05) is 10.6 Å². The Bertz CT molecular complexity index is 403. The van der Waals surface area contributed by atoms with Crippen molar-refractivity contribution in [3.8, 4) is 0 Å². The monoisotopic (exact) mass is 265 g/mol. The molecule has 2 N–H and O–H groups in total. The Morgan fingerprint density at radius 1 is 1.11 bits per heavy atom. The molecule has 0 spiro atoms. The second-order valence-electron chi connectivity index (χ2n) is 6.38. The van der Waals surface area contributed by atoms with Crippen LogP contribution in [0, 0.1) is 17.8 Å². The molecule has 3 atom stereocenters. The van der Waals surface area contributed by atoms with Gasteiger partial charge < -0.3 is 5.73 Å². The van der Waals surface area contributed by atoms with E-state index in [0.717, 1.165) is 22.4 Å². The van der Waals surface area contributed by atoms with E-state index in [9.17, 15) is 0 Å². The highest BCUT2D eigenvalue weighted by atomic mass is 35.5. The number of rotatable bonds is 2. The summed E-state index contributed by atoms with van der Waals surface area (Å²) in [5.41, 5.74) is 7.43. The van der Waals surface area contributed by atoms with E-state index in [4.69, 9.17) is 17.3 Å². The fourth-order valence-corrected chi connectivity index (χ4v) is 3.89. The van der Waals surface area contributed by atoms with E-state index in [1.165, 1.54) is 19.3 Å². The van der Waals surface area contributed by atoms with Crippen molar-refractivity contribution >= 4 is 11.6 Å². The van der Waals surface area contributed by atoms with Crippen molar-refractivity contribution in [2.45, 2.75) is 45.6 Å². The van der Waals surface area contributed by atoms with Crippen molar-refractivity contribution in [3.05, 3.63) is 34.9 Å². The molecule has 0 aromatic heterocycles. The first-order valence-corrected chi connectivity index (χ1v) is 7.33. The Morgan fingerprint density at radius 2 is 1.67 bits per heavy atom. The Morgan fingerprint density at radius 3 is 2.22 bits per heavy atom. The minimum Gasteiger partial charge on any atom is -0.321 e. The third kappa shape index (κ3) is 2.73. The lowest BCUT2D eigenvalue weighted by Gasteiger charge is -2.42. The average Bonchev–Trinajstić information content (AvgIpc) is 2.28. The first kappa shape index (κ1) is 13.9. The minimum absolute atomic E-state index is 0.318. The molecule has 0 aliphatic heterocycles. The van der Waals surface area contributed by atoms with Gasteiger partial charge in [-0.15, -0.1) is 0 Å². The molecule has 100 valence electrons. The highest BCUT2D eigenvalue weighted by Crippen LogP contribution is 2.43. The Balaban J connectivity index is 2.28. The molecule has 3 unspecified atom stereocenters. The van der Waals surface area contributed by atoms with Gasteiger partial charge in [-0.3, -0.25) is 0 Å². The lowest BCUT2D eigenvalue weighted by Crippen LogP contribution is -2.44. The fourth-order valence-electron chi connectivity index (χ4n) is 3.55. The predicted molar refractivity (Wildman–Crippen MR) is 78.7 cm³/mol. The van der Waals surface area contributed by atoms with Gasteiger partial charge in [0.05, 0.1) is 0 Å². The minimum atomic E-state index is -0.318. The summed E-state index contributed by atoms with van der Waals surface area (Å²) < 4.78 is 0. The number of benzene rings is 1. The van der Waals surface area contributed by atoms with E-state index in [2.05, 4.69) is 26.8 Å². The topological polar surface area (TPSA) is 26.0 Å². The van der Waals surface area contributed by atoms with Crippen molar-refractivity contribution in [2.75, 3.05) is 0 Å². The van der Waals surface area contributed by atoms with Crippen molar-refractivity contribution in [2.24, 2.45) is 23.5 Å². The molecule has 1 aromatic carbocycles. The van der Waals surface area contributed by atoms with Crippen LogP contribution in [0.3, 0.4) is 0 Å². The van der Waals surface area contributed by atoms with Gasteiger partial charge in [-0.25, -0.2) is 0 Å². The van der Waals surface area contributed by atoms with Crippen LogP contribution in [-0.4, -0.2) is 0 Å². The highest BCUT2D eigenvalue weighted by Gasteiger charge is 2.37. The highest BCUT2D eigenvalue weighted by molar-refractivity contribution is 6.31. The van der Waals surface area contributed by atoms with E-state index in [-0.39, 0.29) is 5.54 Å². The quantitative estimate of drug-likeness (QED) is 0.832. The van der Waals surface area contributed by atoms with Crippen LogP contribution in [0.25, 0.3) is 0 Å². The molecule has 18 heavy (non-hydrogen) atoms. The second kappa shape index (κ2) is 5.22. The molecule has 0 saturated heterocycles. The SMILES string of the molecule is CC1CC(C)CC(C(C)(N)c2ccccc2Cl)C1. The van der Waals surface area contributed by atoms with E-state index in [0.29, 0.717) is 5.92 Å². The molecule has 1 aliphatic carbocycles. The molecule has 1 aliphatic rings. The Kier molecular flexibility index (Phi) is 4.03. The lowest BCUT2D eigenvalue weighted by atomic mass is 9.67. The van der Waals surface area contributed by atoms with Gasteiger partial charge in [0.25, 0.3) is 0 Å². The maximum absolute atomic E-state index is 6.65. The molecule has 0 amide bonds. The zero-order valence-electron chi connectivity index (χ0n) is 11.6. The summed E-state index contributed by atoms with van der Waals surface area (Å²) in [5.74, 6) is 2.06. The molecular weight excluding hydrogens is 242 g/mol. The standard InChI is InChI=1S/C16H24ClN/c1-11-8-12(2)10-13(9-11)16(3,18)14-6-4-5-7-15(14)17/h4-7,11-13H,8-10,18H2,1-3H3. The van der Waals surface area contributed by atoms with E-state index in [1.807, 2.05) is 18.2 Å². The van der Waals surface area contributed by atoms with E-state index < -0.39 is 0 Å². The summed E-state index contributed by atoms with van der Waals surface area (Å²) in [6.07, 6.45) is 3.75. The zero-order valence-corrected chi connectivity index (χ0v) is 12.4.